The van der Waals surface area contributed by atoms with Crippen molar-refractivity contribution in [1.29, 1.82) is 5.26 Å². The zero-order valence-corrected chi connectivity index (χ0v) is 25.1. The number of nitrogens with zero attached hydrogens (tertiary/aromatic N) is 6. The molecule has 1 amide bonds. The van der Waals surface area contributed by atoms with Crippen LogP contribution in [0.15, 0.2) is 78.8 Å². The average molecular weight is 592 g/mol. The first kappa shape index (κ1) is 29.4. The molecule has 2 aromatic carbocycles. The number of nitrogen functional groups attached to an aromatic ring is 1. The lowest BCUT2D eigenvalue weighted by Crippen LogP contribution is -2.49. The molecule has 0 radical (unpaired) electrons. The molecule has 0 spiro atoms. The van der Waals surface area contributed by atoms with Gasteiger partial charge in [0, 0.05) is 43.5 Å². The third-order valence-electron chi connectivity index (χ3n) is 8.55. The van der Waals surface area contributed by atoms with Gasteiger partial charge in [0.1, 0.15) is 40.9 Å². The summed E-state index contributed by atoms with van der Waals surface area (Å²) in [6, 6.07) is 19.6. The Hall–Kier alpha value is -4.72. The minimum absolute atomic E-state index is 0.0907. The van der Waals surface area contributed by atoms with E-state index in [1.54, 1.807) is 0 Å². The van der Waals surface area contributed by atoms with Crippen LogP contribution in [-0.4, -0.2) is 74.7 Å². The number of ether oxygens (including phenoxy) is 2. The van der Waals surface area contributed by atoms with E-state index in [4.69, 9.17) is 15.2 Å². The zero-order chi connectivity index (χ0) is 30.7. The normalized spacial score (nSPS) is 18.0. The Bertz CT molecular complexity index is 1700. The van der Waals surface area contributed by atoms with Crippen LogP contribution in [-0.2, 0) is 16.1 Å². The molecule has 0 unspecified atom stereocenters. The van der Waals surface area contributed by atoms with E-state index < -0.39 is 5.54 Å². The molecule has 2 N–H and O–H groups in total. The third kappa shape index (κ3) is 6.02. The van der Waals surface area contributed by atoms with Gasteiger partial charge in [-0.25, -0.2) is 9.97 Å². The fourth-order valence-electron chi connectivity index (χ4n) is 6.23. The van der Waals surface area contributed by atoms with Gasteiger partial charge in [0.25, 0.3) is 5.91 Å². The minimum atomic E-state index is -0.443. The number of para-hydroxylation sites is 1. The lowest BCUT2D eigenvalue weighted by molar-refractivity contribution is -0.127. The SMILES string of the molecule is CC(C)(/C=C(\C#N)C(=O)N1CCC[C@H]1Cn1cc(-c2ccc(Oc3ccccc3)cc2)c2c(N)ncnc21)N1CCOCC1. The largest absolute Gasteiger partial charge is 0.457 e. The van der Waals surface area contributed by atoms with Crippen molar-refractivity contribution in [1.82, 2.24) is 24.3 Å². The molecule has 1 atom stereocenters. The molecule has 2 fully saturated rings. The van der Waals surface area contributed by atoms with Crippen molar-refractivity contribution in [3.63, 3.8) is 0 Å². The van der Waals surface area contributed by atoms with Gasteiger partial charge in [-0.15, -0.1) is 0 Å². The van der Waals surface area contributed by atoms with Crippen LogP contribution < -0.4 is 10.5 Å². The molecule has 10 nitrogen and oxygen atoms in total. The number of rotatable bonds is 8. The third-order valence-corrected chi connectivity index (χ3v) is 8.55. The van der Waals surface area contributed by atoms with Gasteiger partial charge in [-0.2, -0.15) is 5.26 Å². The van der Waals surface area contributed by atoms with Crippen molar-refractivity contribution in [2.75, 3.05) is 38.6 Å². The smallest absolute Gasteiger partial charge is 0.264 e. The summed E-state index contributed by atoms with van der Waals surface area (Å²) < 4.78 is 13.5. The van der Waals surface area contributed by atoms with E-state index in [9.17, 15) is 10.1 Å². The van der Waals surface area contributed by atoms with Crippen LogP contribution in [0, 0.1) is 11.3 Å². The maximum atomic E-state index is 13.8. The van der Waals surface area contributed by atoms with E-state index in [0.717, 1.165) is 53.9 Å². The highest BCUT2D eigenvalue weighted by atomic mass is 16.5. The molecule has 2 aliphatic heterocycles. The van der Waals surface area contributed by atoms with Crippen molar-refractivity contribution < 1.29 is 14.3 Å². The number of benzene rings is 2. The second kappa shape index (κ2) is 12.5. The van der Waals surface area contributed by atoms with Crippen LogP contribution in [0.5, 0.6) is 11.5 Å². The first-order chi connectivity index (χ1) is 21.3. The average Bonchev–Trinajstić information content (AvgIpc) is 3.66. The number of anilines is 1. The van der Waals surface area contributed by atoms with Crippen LogP contribution in [0.4, 0.5) is 5.82 Å². The zero-order valence-electron chi connectivity index (χ0n) is 25.1. The molecular formula is C34H37N7O3. The van der Waals surface area contributed by atoms with E-state index >= 15 is 0 Å². The van der Waals surface area contributed by atoms with Gasteiger partial charge in [0.15, 0.2) is 0 Å². The number of amides is 1. The number of fused-ring (bicyclic) bond motifs is 1. The lowest BCUT2D eigenvalue weighted by Gasteiger charge is -2.39. The lowest BCUT2D eigenvalue weighted by atomic mass is 9.97. The number of hydrogen-bond donors (Lipinski definition) is 1. The maximum absolute atomic E-state index is 13.8. The van der Waals surface area contributed by atoms with E-state index in [1.165, 1.54) is 6.33 Å². The number of likely N-dealkylation sites (tertiary alicyclic amines) is 1. The van der Waals surface area contributed by atoms with Gasteiger partial charge in [0.2, 0.25) is 0 Å². The Balaban J connectivity index is 1.25. The molecule has 4 heterocycles. The molecule has 0 aliphatic carbocycles. The molecule has 10 heteroatoms. The van der Waals surface area contributed by atoms with Crippen LogP contribution >= 0.6 is 0 Å². The van der Waals surface area contributed by atoms with Gasteiger partial charge < -0.3 is 24.7 Å². The summed E-state index contributed by atoms with van der Waals surface area (Å²) in [7, 11) is 0. The van der Waals surface area contributed by atoms with Crippen molar-refractivity contribution in [3.8, 4) is 28.7 Å². The highest BCUT2D eigenvalue weighted by Gasteiger charge is 2.34. The van der Waals surface area contributed by atoms with Crippen molar-refractivity contribution >= 4 is 22.8 Å². The fraction of sp³-hybridized carbons (Fsp3) is 0.353. The minimum Gasteiger partial charge on any atom is -0.457 e. The van der Waals surface area contributed by atoms with E-state index in [0.29, 0.717) is 37.8 Å². The van der Waals surface area contributed by atoms with Crippen molar-refractivity contribution in [2.24, 2.45) is 0 Å². The Morgan fingerprint density at radius 1 is 1.09 bits per heavy atom. The monoisotopic (exact) mass is 591 g/mol. The van der Waals surface area contributed by atoms with Crippen LogP contribution in [0.1, 0.15) is 26.7 Å². The fourth-order valence-corrected chi connectivity index (χ4v) is 6.23. The highest BCUT2D eigenvalue weighted by Crippen LogP contribution is 2.35. The van der Waals surface area contributed by atoms with Crippen molar-refractivity contribution in [3.05, 3.63) is 78.8 Å². The predicted octanol–water partition coefficient (Wildman–Crippen LogP) is 5.02. The standard InChI is InChI=1S/C34H37N7O3/c1-34(2,40-15-17-43-18-16-40)19-25(20-35)33(42)41-14-6-7-26(41)21-39-22-29(30-31(36)37-23-38-32(30)39)24-10-12-28(13-11-24)44-27-8-4-3-5-9-27/h3-5,8-13,19,22-23,26H,6-7,14-18,21H2,1-2H3,(H2,36,37,38)/b25-19+/t26-/m0/s1. The molecule has 44 heavy (non-hydrogen) atoms. The Morgan fingerprint density at radius 2 is 1.82 bits per heavy atom. The van der Waals surface area contributed by atoms with E-state index in [-0.39, 0.29) is 17.5 Å². The Morgan fingerprint density at radius 3 is 2.55 bits per heavy atom. The second-order valence-electron chi connectivity index (χ2n) is 11.8. The van der Waals surface area contributed by atoms with Gasteiger partial charge in [0.05, 0.1) is 24.6 Å². The van der Waals surface area contributed by atoms with Gasteiger partial charge in [-0.05, 0) is 62.6 Å². The molecule has 0 saturated carbocycles. The molecule has 2 saturated heterocycles. The number of carbonyl (C=O) groups is 1. The Labute approximate surface area is 257 Å². The summed E-state index contributed by atoms with van der Waals surface area (Å²) >= 11 is 0. The number of morpholine rings is 1. The number of hydrogen-bond acceptors (Lipinski definition) is 8. The topological polar surface area (TPSA) is 123 Å². The van der Waals surface area contributed by atoms with Crippen LogP contribution in [0.2, 0.25) is 0 Å². The summed E-state index contributed by atoms with van der Waals surface area (Å²) in [5.74, 6) is 1.67. The number of aromatic nitrogens is 3. The molecule has 6 rings (SSSR count). The van der Waals surface area contributed by atoms with Crippen LogP contribution in [0.3, 0.4) is 0 Å². The van der Waals surface area contributed by atoms with Crippen molar-refractivity contribution in [2.45, 2.75) is 44.8 Å². The first-order valence-electron chi connectivity index (χ1n) is 15.0. The Kier molecular flexibility index (Phi) is 8.33. The van der Waals surface area contributed by atoms with E-state index in [1.807, 2.05) is 85.6 Å². The second-order valence-corrected chi connectivity index (χ2v) is 11.8. The quantitative estimate of drug-likeness (QED) is 0.224. The summed E-state index contributed by atoms with van der Waals surface area (Å²) in [4.78, 5) is 26.7. The van der Waals surface area contributed by atoms with E-state index in [2.05, 4.69) is 25.5 Å². The summed E-state index contributed by atoms with van der Waals surface area (Å²) in [5, 5.41) is 10.8. The molecule has 226 valence electrons. The first-order valence-corrected chi connectivity index (χ1v) is 15.0. The van der Waals surface area contributed by atoms with Crippen LogP contribution in [0.25, 0.3) is 22.2 Å². The van der Waals surface area contributed by atoms with Gasteiger partial charge in [-0.1, -0.05) is 30.3 Å². The maximum Gasteiger partial charge on any atom is 0.264 e. The van der Waals surface area contributed by atoms with Gasteiger partial charge >= 0.3 is 0 Å². The number of nitrogens with two attached hydrogens (primary N) is 1. The number of nitriles is 1. The molecule has 0 bridgehead atoms. The molecule has 2 aromatic heterocycles. The van der Waals surface area contributed by atoms with Gasteiger partial charge in [-0.3, -0.25) is 9.69 Å². The highest BCUT2D eigenvalue weighted by molar-refractivity contribution is 6.01. The predicted molar refractivity (Wildman–Crippen MR) is 169 cm³/mol. The summed E-state index contributed by atoms with van der Waals surface area (Å²) in [6.45, 7) is 8.04. The number of carbonyl (C=O) groups excluding carboxylic acids is 1. The molecule has 4 aromatic rings. The summed E-state index contributed by atoms with van der Waals surface area (Å²) in [5.41, 5.74) is 8.70. The molecular weight excluding hydrogens is 554 g/mol. The summed E-state index contributed by atoms with van der Waals surface area (Å²) in [6.07, 6.45) is 7.02. The molecule has 2 aliphatic rings.